The lowest BCUT2D eigenvalue weighted by Gasteiger charge is -2.35. The van der Waals surface area contributed by atoms with Gasteiger partial charge in [0.15, 0.2) is 8.32 Å². The molecule has 0 radical (unpaired) electrons. The van der Waals surface area contributed by atoms with E-state index in [0.29, 0.717) is 16.2 Å². The maximum Gasteiger partial charge on any atom is 0.205 e. The van der Waals surface area contributed by atoms with Gasteiger partial charge in [-0.2, -0.15) is 0 Å². The molecule has 26 heavy (non-hydrogen) atoms. The number of epoxide rings is 1. The van der Waals surface area contributed by atoms with Gasteiger partial charge >= 0.3 is 0 Å². The standard InChI is InChI=1S/C20H30O4SSi/c1-5-26(6-2,7-3)24-17-13-14-18(20-19(23-20)15(17)4)25(21,22)16-11-9-8-10-12-16/h8-12,14-15,17,19-20H,5-7,13H2,1-4H3/t15-,17+,19+,20-/m1/s1. The van der Waals surface area contributed by atoms with Crippen molar-refractivity contribution in [2.24, 2.45) is 5.92 Å². The molecular formula is C20H30O4SSi. The normalized spacial score (nSPS) is 28.8. The summed E-state index contributed by atoms with van der Waals surface area (Å²) in [4.78, 5) is 0.760. The van der Waals surface area contributed by atoms with Crippen molar-refractivity contribution in [3.8, 4) is 0 Å². The second-order valence-corrected chi connectivity index (χ2v) is 14.1. The molecule has 1 heterocycles. The molecule has 6 heteroatoms. The van der Waals surface area contributed by atoms with Crippen molar-refractivity contribution in [2.75, 3.05) is 0 Å². The highest BCUT2D eigenvalue weighted by Crippen LogP contribution is 2.45. The minimum Gasteiger partial charge on any atom is -0.413 e. The third-order valence-electron chi connectivity index (χ3n) is 6.16. The highest BCUT2D eigenvalue weighted by molar-refractivity contribution is 7.95. The van der Waals surface area contributed by atoms with Gasteiger partial charge in [0.1, 0.15) is 6.10 Å². The average Bonchev–Trinajstić information content (AvgIpc) is 3.46. The second kappa shape index (κ2) is 7.58. The molecule has 0 bridgehead atoms. The maximum absolute atomic E-state index is 13.1. The summed E-state index contributed by atoms with van der Waals surface area (Å²) in [6.45, 7) is 8.80. The summed E-state index contributed by atoms with van der Waals surface area (Å²) in [6, 6.07) is 11.9. The van der Waals surface area contributed by atoms with Crippen LogP contribution in [-0.2, 0) is 19.0 Å². The maximum atomic E-state index is 13.1. The van der Waals surface area contributed by atoms with E-state index < -0.39 is 18.2 Å². The molecule has 0 aromatic heterocycles. The van der Waals surface area contributed by atoms with Crippen LogP contribution in [0.1, 0.15) is 34.1 Å². The van der Waals surface area contributed by atoms with Crippen LogP contribution in [0.5, 0.6) is 0 Å². The molecule has 2 aliphatic rings. The van der Waals surface area contributed by atoms with Gasteiger partial charge < -0.3 is 9.16 Å². The molecule has 1 aromatic carbocycles. The van der Waals surface area contributed by atoms with Crippen molar-refractivity contribution in [1.29, 1.82) is 0 Å². The first-order valence-corrected chi connectivity index (χ1v) is 13.7. The molecule has 1 aromatic rings. The number of fused-ring (bicyclic) bond motifs is 1. The van der Waals surface area contributed by atoms with Gasteiger partial charge in [0, 0.05) is 5.92 Å². The summed E-state index contributed by atoms with van der Waals surface area (Å²) in [5.74, 6) is 0.205. The van der Waals surface area contributed by atoms with E-state index in [4.69, 9.17) is 9.16 Å². The summed E-state index contributed by atoms with van der Waals surface area (Å²) >= 11 is 0. The topological polar surface area (TPSA) is 55.9 Å². The van der Waals surface area contributed by atoms with Gasteiger partial charge in [0.2, 0.25) is 9.84 Å². The van der Waals surface area contributed by atoms with Crippen LogP contribution in [0.25, 0.3) is 0 Å². The van der Waals surface area contributed by atoms with Crippen molar-refractivity contribution in [3.05, 3.63) is 41.3 Å². The van der Waals surface area contributed by atoms with Crippen LogP contribution in [-0.4, -0.2) is 35.0 Å². The summed E-state index contributed by atoms with van der Waals surface area (Å²) in [7, 11) is -5.25. The van der Waals surface area contributed by atoms with Crippen LogP contribution in [0.3, 0.4) is 0 Å². The Morgan fingerprint density at radius 1 is 1.12 bits per heavy atom. The SMILES string of the molecule is CC[Si](CC)(CC)O[C@H]1CC=C(S(=O)(=O)c2ccccc2)[C@H]2O[C@H]2[C@@H]1C. The van der Waals surface area contributed by atoms with Gasteiger partial charge in [-0.3, -0.25) is 0 Å². The highest BCUT2D eigenvalue weighted by atomic mass is 32.2. The molecule has 1 fully saturated rings. The minimum atomic E-state index is -3.51. The minimum absolute atomic E-state index is 0.0417. The lowest BCUT2D eigenvalue weighted by Crippen LogP contribution is -2.42. The van der Waals surface area contributed by atoms with Crippen LogP contribution >= 0.6 is 0 Å². The van der Waals surface area contributed by atoms with E-state index in [1.165, 1.54) is 0 Å². The lowest BCUT2D eigenvalue weighted by molar-refractivity contribution is 0.113. The fraction of sp³-hybridized carbons (Fsp3) is 0.600. The molecule has 0 saturated carbocycles. The monoisotopic (exact) mass is 394 g/mol. The van der Waals surface area contributed by atoms with Crippen LogP contribution in [0, 0.1) is 5.92 Å². The summed E-state index contributed by atoms with van der Waals surface area (Å²) in [5.41, 5.74) is 0. The Bertz CT molecular complexity index is 747. The van der Waals surface area contributed by atoms with Gasteiger partial charge in [0.05, 0.1) is 22.0 Å². The first kappa shape index (κ1) is 19.8. The zero-order valence-electron chi connectivity index (χ0n) is 16.1. The zero-order chi connectivity index (χ0) is 18.9. The Hall–Kier alpha value is -0.953. The number of ether oxygens (including phenoxy) is 1. The zero-order valence-corrected chi connectivity index (χ0v) is 18.0. The fourth-order valence-electron chi connectivity index (χ4n) is 4.00. The molecule has 0 N–H and O–H groups in total. The lowest BCUT2D eigenvalue weighted by atomic mass is 9.99. The van der Waals surface area contributed by atoms with E-state index in [0.717, 1.165) is 18.1 Å². The second-order valence-electron chi connectivity index (χ2n) is 7.44. The summed E-state index contributed by atoms with van der Waals surface area (Å²) in [5, 5.41) is 0. The molecule has 1 aliphatic carbocycles. The van der Waals surface area contributed by atoms with Gasteiger partial charge in [-0.1, -0.05) is 52.0 Å². The first-order valence-electron chi connectivity index (χ1n) is 9.72. The Morgan fingerprint density at radius 2 is 1.73 bits per heavy atom. The third-order valence-corrected chi connectivity index (χ3v) is 12.7. The Kier molecular flexibility index (Phi) is 5.77. The molecule has 0 amide bonds. The molecule has 0 spiro atoms. The molecule has 4 atom stereocenters. The smallest absolute Gasteiger partial charge is 0.205 e. The molecule has 1 aliphatic heterocycles. The Balaban J connectivity index is 1.87. The largest absolute Gasteiger partial charge is 0.413 e. The number of sulfone groups is 1. The van der Waals surface area contributed by atoms with Crippen LogP contribution in [0.2, 0.25) is 18.1 Å². The van der Waals surface area contributed by atoms with Gasteiger partial charge in [-0.15, -0.1) is 0 Å². The van der Waals surface area contributed by atoms with Gasteiger partial charge in [-0.05, 0) is 36.7 Å². The van der Waals surface area contributed by atoms with E-state index in [9.17, 15) is 8.42 Å². The quantitative estimate of drug-likeness (QED) is 0.503. The molecule has 0 unspecified atom stereocenters. The average molecular weight is 395 g/mol. The van der Waals surface area contributed by atoms with Crippen molar-refractivity contribution in [2.45, 2.75) is 75.5 Å². The highest BCUT2D eigenvalue weighted by Gasteiger charge is 2.53. The number of hydrogen-bond donors (Lipinski definition) is 0. The summed E-state index contributed by atoms with van der Waals surface area (Å²) < 4.78 is 38.7. The van der Waals surface area contributed by atoms with Crippen LogP contribution < -0.4 is 0 Å². The molecule has 144 valence electrons. The van der Waals surface area contributed by atoms with Crippen molar-refractivity contribution < 1.29 is 17.6 Å². The van der Waals surface area contributed by atoms with E-state index >= 15 is 0 Å². The molecular weight excluding hydrogens is 364 g/mol. The van der Waals surface area contributed by atoms with Gasteiger partial charge in [-0.25, -0.2) is 8.42 Å². The summed E-state index contributed by atoms with van der Waals surface area (Å²) in [6.07, 6.45) is 2.18. The predicted molar refractivity (Wildman–Crippen MR) is 106 cm³/mol. The molecule has 1 saturated heterocycles. The van der Waals surface area contributed by atoms with E-state index in [2.05, 4.69) is 27.7 Å². The van der Waals surface area contributed by atoms with Crippen LogP contribution in [0.4, 0.5) is 0 Å². The van der Waals surface area contributed by atoms with E-state index in [1.54, 1.807) is 24.3 Å². The number of benzene rings is 1. The Morgan fingerprint density at radius 3 is 2.31 bits per heavy atom. The third kappa shape index (κ3) is 3.57. The molecule has 4 nitrogen and oxygen atoms in total. The Labute approximate surface area is 158 Å². The van der Waals surface area contributed by atoms with Crippen molar-refractivity contribution >= 4 is 18.2 Å². The number of hydrogen-bond acceptors (Lipinski definition) is 4. The van der Waals surface area contributed by atoms with Gasteiger partial charge in [0.25, 0.3) is 0 Å². The predicted octanol–water partition coefficient (Wildman–Crippen LogP) is 4.54. The fourth-order valence-corrected chi connectivity index (χ4v) is 8.55. The van der Waals surface area contributed by atoms with E-state index in [-0.39, 0.29) is 24.2 Å². The molecule has 3 rings (SSSR count). The van der Waals surface area contributed by atoms with E-state index in [1.807, 2.05) is 12.1 Å². The van der Waals surface area contributed by atoms with Crippen LogP contribution in [0.15, 0.2) is 46.2 Å². The number of rotatable bonds is 7. The van der Waals surface area contributed by atoms with Crippen molar-refractivity contribution in [3.63, 3.8) is 0 Å². The van der Waals surface area contributed by atoms with Crippen molar-refractivity contribution in [1.82, 2.24) is 0 Å². The first-order chi connectivity index (χ1) is 12.4.